The quantitative estimate of drug-likeness (QED) is 0.0890. The number of hydrogen-bond acceptors (Lipinski definition) is 6. The van der Waals surface area contributed by atoms with Gasteiger partial charge in [0.2, 0.25) is 0 Å². The van der Waals surface area contributed by atoms with Gasteiger partial charge in [-0.25, -0.2) is 0 Å². The van der Waals surface area contributed by atoms with Gasteiger partial charge in [-0.3, -0.25) is 14.8 Å². The number of aliphatic hydroxyl groups excluding tert-OH is 1. The predicted molar refractivity (Wildman–Crippen MR) is 206 cm³/mol. The van der Waals surface area contributed by atoms with Crippen molar-refractivity contribution < 1.29 is 34.4 Å². The zero-order valence-corrected chi connectivity index (χ0v) is 33.9. The number of fused-ring (bicyclic) bond motifs is 3. The van der Waals surface area contributed by atoms with Gasteiger partial charge in [0.05, 0.1) is 5.56 Å². The van der Waals surface area contributed by atoms with Crippen LogP contribution in [0.4, 0.5) is 0 Å². The zero-order valence-electron chi connectivity index (χ0n) is 30.7. The Morgan fingerprint density at radius 3 is 2.24 bits per heavy atom. The molecule has 1 radical (unpaired) electrons. The summed E-state index contributed by atoms with van der Waals surface area (Å²) in [6.07, 6.45) is 10.4. The Bertz CT molecular complexity index is 2130. The number of carbonyl (C=O) groups is 1. The topological polar surface area (TPSA) is 76.2 Å². The van der Waals surface area contributed by atoms with Crippen LogP contribution in [0.15, 0.2) is 88.8 Å². The molecule has 2 aromatic carbocycles. The van der Waals surface area contributed by atoms with Crippen molar-refractivity contribution in [1.29, 1.82) is 0 Å². The second-order valence-corrected chi connectivity index (χ2v) is 15.5. The number of nitrogens with zero attached hydrogens (tertiary/aromatic N) is 2. The molecule has 0 saturated carbocycles. The minimum Gasteiger partial charge on any atom is -0.512 e. The van der Waals surface area contributed by atoms with Crippen molar-refractivity contribution in [3.05, 3.63) is 96.0 Å². The van der Waals surface area contributed by atoms with E-state index in [0.29, 0.717) is 0 Å². The molecule has 6 rings (SSSR count). The third-order valence-electron chi connectivity index (χ3n) is 10.5. The third-order valence-corrected chi connectivity index (χ3v) is 11.5. The summed E-state index contributed by atoms with van der Waals surface area (Å²) in [6, 6.07) is 20.4. The van der Waals surface area contributed by atoms with Crippen molar-refractivity contribution in [2.75, 3.05) is 0 Å². The van der Waals surface area contributed by atoms with Crippen LogP contribution in [0.5, 0.6) is 0 Å². The van der Waals surface area contributed by atoms with Crippen LogP contribution >= 0.6 is 11.3 Å². The van der Waals surface area contributed by atoms with Gasteiger partial charge in [0.25, 0.3) is 0 Å². The van der Waals surface area contributed by atoms with E-state index in [9.17, 15) is 9.90 Å². The average Bonchev–Trinajstić information content (AvgIpc) is 3.78. The molecular weight excluding hydrogens is 817 g/mol. The van der Waals surface area contributed by atoms with Crippen molar-refractivity contribution in [2.24, 2.45) is 10.8 Å². The minimum absolute atomic E-state index is 0. The summed E-state index contributed by atoms with van der Waals surface area (Å²) in [6.45, 7) is 18.8. The number of hydrogen-bond donors (Lipinski definition) is 1. The molecule has 0 saturated heterocycles. The summed E-state index contributed by atoms with van der Waals surface area (Å²) in [5.74, 6) is 1.10. The fourth-order valence-corrected chi connectivity index (χ4v) is 6.90. The van der Waals surface area contributed by atoms with Crippen molar-refractivity contribution in [3.8, 4) is 22.6 Å². The van der Waals surface area contributed by atoms with Crippen molar-refractivity contribution >= 4 is 48.9 Å². The van der Waals surface area contributed by atoms with Gasteiger partial charge < -0.3 is 9.52 Å². The van der Waals surface area contributed by atoms with Crippen LogP contribution < -0.4 is 0 Å². The molecule has 0 amide bonds. The Hall–Kier alpha value is -3.64. The van der Waals surface area contributed by atoms with Crippen LogP contribution in [0.3, 0.4) is 0 Å². The second-order valence-electron chi connectivity index (χ2n) is 14.5. The Morgan fingerprint density at radius 2 is 1.58 bits per heavy atom. The molecule has 1 N–H and O–H groups in total. The molecule has 0 aliphatic carbocycles. The van der Waals surface area contributed by atoms with Gasteiger partial charge in [-0.2, -0.15) is 0 Å². The van der Waals surface area contributed by atoms with E-state index in [0.717, 1.165) is 70.0 Å². The number of rotatable bonds is 9. The maximum absolute atomic E-state index is 12.2. The Labute approximate surface area is 314 Å². The first-order chi connectivity index (χ1) is 23.3. The van der Waals surface area contributed by atoms with Crippen molar-refractivity contribution in [2.45, 2.75) is 93.4 Å². The monoisotopic (exact) mass is 866 g/mol. The summed E-state index contributed by atoms with van der Waals surface area (Å²) in [4.78, 5) is 21.3. The molecule has 7 heteroatoms. The van der Waals surface area contributed by atoms with E-state index in [1.165, 1.54) is 21.7 Å². The number of thiophene rings is 1. The summed E-state index contributed by atoms with van der Waals surface area (Å²) >= 11 is 1.70. The third kappa shape index (κ3) is 7.81. The summed E-state index contributed by atoms with van der Waals surface area (Å²) < 4.78 is 7.62. The molecule has 0 aliphatic heterocycles. The Morgan fingerprint density at radius 1 is 0.900 bits per heavy atom. The molecule has 0 fully saturated rings. The minimum atomic E-state index is -0.337. The largest absolute Gasteiger partial charge is 0.512 e. The molecule has 0 aliphatic rings. The summed E-state index contributed by atoms with van der Waals surface area (Å²) in [5.41, 5.74) is 4.23. The molecule has 0 bridgehead atoms. The van der Waals surface area contributed by atoms with Gasteiger partial charge in [0.1, 0.15) is 17.1 Å². The number of aromatic nitrogens is 2. The number of pyridine rings is 2. The van der Waals surface area contributed by atoms with Crippen molar-refractivity contribution in [1.82, 2.24) is 9.97 Å². The van der Waals surface area contributed by atoms with Gasteiger partial charge in [0.15, 0.2) is 5.78 Å². The number of aliphatic hydroxyl groups is 1. The van der Waals surface area contributed by atoms with E-state index in [1.807, 2.05) is 66.2 Å². The van der Waals surface area contributed by atoms with Crippen LogP contribution in [-0.2, 0) is 30.3 Å². The predicted octanol–water partition coefficient (Wildman–Crippen LogP) is 12.7. The van der Waals surface area contributed by atoms with E-state index >= 15 is 0 Å². The normalized spacial score (nSPS) is 12.5. The van der Waals surface area contributed by atoms with E-state index in [1.54, 1.807) is 11.3 Å². The van der Waals surface area contributed by atoms with Gasteiger partial charge in [-0.15, -0.1) is 40.5 Å². The van der Waals surface area contributed by atoms with Crippen LogP contribution in [0.25, 0.3) is 54.4 Å². The number of allylic oxidation sites excluding steroid dienone is 2. The molecule has 6 aromatic rings. The smallest absolute Gasteiger partial charge is 0.164 e. The number of ketones is 1. The number of furan rings is 1. The van der Waals surface area contributed by atoms with Crippen LogP contribution in [0.2, 0.25) is 0 Å². The van der Waals surface area contributed by atoms with E-state index in [-0.39, 0.29) is 47.9 Å². The van der Waals surface area contributed by atoms with Crippen LogP contribution in [0.1, 0.15) is 93.6 Å². The number of benzene rings is 2. The van der Waals surface area contributed by atoms with Crippen LogP contribution in [-0.4, -0.2) is 20.9 Å². The first-order valence-electron chi connectivity index (χ1n) is 17.4. The van der Waals surface area contributed by atoms with Crippen molar-refractivity contribution in [3.63, 3.8) is 0 Å². The fourth-order valence-electron chi connectivity index (χ4n) is 6.02. The Kier molecular flexibility index (Phi) is 12.3. The molecule has 0 spiro atoms. The van der Waals surface area contributed by atoms with E-state index in [2.05, 4.69) is 79.7 Å². The molecule has 5 nitrogen and oxygen atoms in total. The van der Waals surface area contributed by atoms with Crippen LogP contribution in [0, 0.1) is 16.9 Å². The summed E-state index contributed by atoms with van der Waals surface area (Å²) in [7, 11) is 0. The first kappa shape index (κ1) is 39.2. The average molecular weight is 866 g/mol. The fraction of sp³-hybridized carbons (Fsp3) is 0.372. The molecule has 50 heavy (non-hydrogen) atoms. The standard InChI is InChI=1S/C28H21N2OS.C15H28O2.Ir/c1-28(2,3)23-13-20(12-17-6-4-5-7-21(17)23)25-26-18(8-10-30-25)14-24(31-26)22-16-29-15-19-9-11-32-27(19)22;1-7-14(5,8-2)12(16)11-13(17)15(6,9-3)10-4;/h4-11,13-16H,1-3H3;11,16H,7-10H2,1-6H3;/q-1;;/b;12-11-;. The van der Waals surface area contributed by atoms with Gasteiger partial charge in [-0.05, 0) is 54.7 Å². The maximum atomic E-state index is 12.2. The molecule has 4 heterocycles. The first-order valence-corrected chi connectivity index (χ1v) is 18.3. The Balaban J connectivity index is 0.000000269. The SMILES string of the molecule is CC(C)(C)c1cc(-c2nccc3cc(-c4cncc5ccsc45)oc23)[c-]c2ccccc12.CCC(C)(CC)C(=O)/C=C(\O)C(C)(CC)CC.[Ir]. The molecule has 265 valence electrons. The van der Waals surface area contributed by atoms with Gasteiger partial charge in [-0.1, -0.05) is 91.5 Å². The maximum Gasteiger partial charge on any atom is 0.164 e. The van der Waals surface area contributed by atoms with E-state index < -0.39 is 0 Å². The molecular formula is C43H49IrN2O3S-. The molecule has 4 aromatic heterocycles. The number of carbonyl (C=O) groups excluding carboxylic acids is 1. The van der Waals surface area contributed by atoms with Gasteiger partial charge in [0, 0.05) is 76.8 Å². The summed E-state index contributed by atoms with van der Waals surface area (Å²) in [5, 5.41) is 16.7. The molecule has 0 unspecified atom stereocenters. The van der Waals surface area contributed by atoms with E-state index in [4.69, 9.17) is 9.40 Å². The zero-order chi connectivity index (χ0) is 35.6. The van der Waals surface area contributed by atoms with Gasteiger partial charge >= 0.3 is 0 Å². The second kappa shape index (κ2) is 15.7. The molecule has 0 atom stereocenters.